The van der Waals surface area contributed by atoms with Crippen LogP contribution in [0.15, 0.2) is 182 Å². The van der Waals surface area contributed by atoms with Crippen molar-refractivity contribution in [1.29, 1.82) is 0 Å². The largest absolute Gasteiger partial charge is 0.311 e. The molecule has 0 saturated carbocycles. The standard InChI is InChI=1S/C38H35NO.C37H48O/c1-28-5-21-35(22-6-28)39(37-25-17-33(18-26-37)32-15-9-31(27-40)10-16-32)36-23-13-30(14-24-36)8-7-29-11-19-34(20-12-29)38(2,3)4;1-4-6-8-10-12-14-24-37(25-15-13-11-9-7-5-2)35-26-29(3)16-22-33(35)34-23-21-32(27-36(34)37)31-19-17-30(28-38)18-20-31/h5-27H,1-4H3;16-23,26-28H,4-15,24-25H2,1-3H3/b8-7+;. The highest BCUT2D eigenvalue weighted by Gasteiger charge is 2.42. The molecule has 0 saturated heterocycles. The number of aryl methyl sites for hydroxylation is 2. The van der Waals surface area contributed by atoms with Crippen LogP contribution in [0.2, 0.25) is 0 Å². The third-order valence-corrected chi connectivity index (χ3v) is 16.0. The van der Waals surface area contributed by atoms with Crippen molar-refractivity contribution in [3.8, 4) is 33.4 Å². The van der Waals surface area contributed by atoms with Crippen LogP contribution in [0.4, 0.5) is 17.1 Å². The van der Waals surface area contributed by atoms with Gasteiger partial charge in [-0.2, -0.15) is 0 Å². The Bertz CT molecular complexity index is 3170. The lowest BCUT2D eigenvalue weighted by molar-refractivity contribution is 0.111. The van der Waals surface area contributed by atoms with Crippen molar-refractivity contribution in [2.75, 3.05) is 4.90 Å². The minimum absolute atomic E-state index is 0.102. The normalized spacial score (nSPS) is 12.4. The predicted octanol–water partition coefficient (Wildman–Crippen LogP) is 21.7. The van der Waals surface area contributed by atoms with Crippen LogP contribution in [-0.4, -0.2) is 12.6 Å². The first-order valence-corrected chi connectivity index (χ1v) is 29.2. The summed E-state index contributed by atoms with van der Waals surface area (Å²) in [6.07, 6.45) is 24.7. The van der Waals surface area contributed by atoms with E-state index >= 15 is 0 Å². The maximum atomic E-state index is 11.2. The minimum Gasteiger partial charge on any atom is -0.311 e. The van der Waals surface area contributed by atoms with Gasteiger partial charge < -0.3 is 4.90 Å². The van der Waals surface area contributed by atoms with Crippen LogP contribution < -0.4 is 4.90 Å². The van der Waals surface area contributed by atoms with Crippen LogP contribution in [0.1, 0.15) is 184 Å². The van der Waals surface area contributed by atoms with E-state index in [2.05, 4.69) is 211 Å². The van der Waals surface area contributed by atoms with Gasteiger partial charge in [-0.15, -0.1) is 0 Å². The summed E-state index contributed by atoms with van der Waals surface area (Å²) >= 11 is 0. The molecule has 0 aromatic heterocycles. The fraction of sp³-hybridized carbons (Fsp3) is 0.307. The quantitative estimate of drug-likeness (QED) is 0.0364. The third kappa shape index (κ3) is 14.4. The molecule has 8 aromatic rings. The van der Waals surface area contributed by atoms with Gasteiger partial charge in [-0.3, -0.25) is 9.59 Å². The predicted molar refractivity (Wildman–Crippen MR) is 335 cm³/mol. The van der Waals surface area contributed by atoms with E-state index in [0.29, 0.717) is 5.56 Å². The number of carbonyl (C=O) groups excluding carboxylic acids is 2. The highest BCUT2D eigenvalue weighted by molar-refractivity contribution is 5.85. The van der Waals surface area contributed by atoms with Crippen LogP contribution in [0, 0.1) is 13.8 Å². The molecular weight excluding hydrogens is 947 g/mol. The van der Waals surface area contributed by atoms with Gasteiger partial charge in [0, 0.05) is 33.6 Å². The van der Waals surface area contributed by atoms with Crippen molar-refractivity contribution >= 4 is 41.8 Å². The van der Waals surface area contributed by atoms with Crippen molar-refractivity contribution in [1.82, 2.24) is 0 Å². The van der Waals surface area contributed by atoms with E-state index in [-0.39, 0.29) is 10.8 Å². The molecule has 1 aliphatic carbocycles. The fourth-order valence-corrected chi connectivity index (χ4v) is 11.3. The maximum absolute atomic E-state index is 11.2. The first-order valence-electron chi connectivity index (χ1n) is 29.2. The molecule has 78 heavy (non-hydrogen) atoms. The first kappa shape index (κ1) is 56.8. The summed E-state index contributed by atoms with van der Waals surface area (Å²) in [6.45, 7) is 15.7. The molecule has 0 bridgehead atoms. The summed E-state index contributed by atoms with van der Waals surface area (Å²) in [7, 11) is 0. The number of hydrogen-bond acceptors (Lipinski definition) is 3. The van der Waals surface area contributed by atoms with Gasteiger partial charge in [-0.05, 0) is 136 Å². The number of benzene rings is 8. The Hall–Kier alpha value is -7.36. The van der Waals surface area contributed by atoms with Gasteiger partial charge in [-0.25, -0.2) is 0 Å². The number of nitrogens with zero attached hydrogens (tertiary/aromatic N) is 1. The molecule has 9 rings (SSSR count). The lowest BCUT2D eigenvalue weighted by Gasteiger charge is -2.33. The maximum Gasteiger partial charge on any atom is 0.150 e. The van der Waals surface area contributed by atoms with Crippen LogP contribution in [0.3, 0.4) is 0 Å². The minimum atomic E-state index is 0.102. The monoisotopic (exact) mass is 1030 g/mol. The molecule has 8 aromatic carbocycles. The first-order chi connectivity index (χ1) is 37.9. The van der Waals surface area contributed by atoms with Crippen LogP contribution in [0.5, 0.6) is 0 Å². The van der Waals surface area contributed by atoms with Crippen molar-refractivity contribution in [3.05, 3.63) is 232 Å². The van der Waals surface area contributed by atoms with Crippen molar-refractivity contribution in [2.45, 2.75) is 149 Å². The van der Waals surface area contributed by atoms with Gasteiger partial charge in [0.15, 0.2) is 0 Å². The molecule has 0 spiro atoms. The van der Waals surface area contributed by atoms with Crippen LogP contribution in [0.25, 0.3) is 45.5 Å². The molecule has 0 radical (unpaired) electrons. The molecule has 0 N–H and O–H groups in total. The number of rotatable bonds is 23. The summed E-state index contributed by atoms with van der Waals surface area (Å²) in [5, 5.41) is 0. The van der Waals surface area contributed by atoms with E-state index in [1.807, 2.05) is 36.4 Å². The molecule has 400 valence electrons. The zero-order valence-electron chi connectivity index (χ0n) is 47.8. The van der Waals surface area contributed by atoms with E-state index in [4.69, 9.17) is 0 Å². The summed E-state index contributed by atoms with van der Waals surface area (Å²) in [5.41, 5.74) is 21.9. The highest BCUT2D eigenvalue weighted by Crippen LogP contribution is 2.55. The average Bonchev–Trinajstić information content (AvgIpc) is 3.92. The van der Waals surface area contributed by atoms with Gasteiger partial charge >= 0.3 is 0 Å². The molecule has 0 amide bonds. The zero-order valence-corrected chi connectivity index (χ0v) is 47.8. The number of aldehydes is 2. The van der Waals surface area contributed by atoms with Crippen LogP contribution >= 0.6 is 0 Å². The Morgan fingerprint density at radius 1 is 0.385 bits per heavy atom. The Labute approximate surface area is 468 Å². The van der Waals surface area contributed by atoms with Gasteiger partial charge in [0.1, 0.15) is 12.6 Å². The highest BCUT2D eigenvalue weighted by atomic mass is 16.1. The van der Waals surface area contributed by atoms with E-state index < -0.39 is 0 Å². The topological polar surface area (TPSA) is 37.4 Å². The molecular formula is C75H83NO2. The Morgan fingerprint density at radius 3 is 1.22 bits per heavy atom. The molecule has 0 heterocycles. The molecule has 0 aliphatic heterocycles. The molecule has 0 unspecified atom stereocenters. The summed E-state index contributed by atoms with van der Waals surface area (Å²) in [6, 6.07) is 64.7. The second kappa shape index (κ2) is 27.3. The van der Waals surface area contributed by atoms with Crippen molar-refractivity contribution in [2.24, 2.45) is 0 Å². The number of unbranched alkanes of at least 4 members (excludes halogenated alkanes) is 10. The number of fused-ring (bicyclic) bond motifs is 3. The summed E-state index contributed by atoms with van der Waals surface area (Å²) < 4.78 is 0. The Morgan fingerprint density at radius 2 is 0.744 bits per heavy atom. The molecule has 3 heteroatoms. The van der Waals surface area contributed by atoms with Gasteiger partial charge in [0.05, 0.1) is 0 Å². The zero-order chi connectivity index (χ0) is 54.9. The summed E-state index contributed by atoms with van der Waals surface area (Å²) in [4.78, 5) is 24.5. The number of carbonyl (C=O) groups is 2. The Kier molecular flexibility index (Phi) is 19.9. The molecule has 1 aliphatic rings. The van der Waals surface area contributed by atoms with E-state index in [1.54, 1.807) is 5.56 Å². The van der Waals surface area contributed by atoms with E-state index in [1.165, 1.54) is 140 Å². The number of anilines is 3. The smallest absolute Gasteiger partial charge is 0.150 e. The van der Waals surface area contributed by atoms with Crippen LogP contribution in [-0.2, 0) is 10.8 Å². The third-order valence-electron chi connectivity index (χ3n) is 16.0. The Balaban J connectivity index is 0.000000206. The second-order valence-electron chi connectivity index (χ2n) is 22.9. The van der Waals surface area contributed by atoms with E-state index in [9.17, 15) is 9.59 Å². The molecule has 0 fully saturated rings. The van der Waals surface area contributed by atoms with Crippen molar-refractivity contribution < 1.29 is 9.59 Å². The van der Waals surface area contributed by atoms with Gasteiger partial charge in [-0.1, -0.05) is 274 Å². The number of hydrogen-bond donors (Lipinski definition) is 0. The average molecular weight is 1030 g/mol. The van der Waals surface area contributed by atoms with Gasteiger partial charge in [0.2, 0.25) is 0 Å². The fourth-order valence-electron chi connectivity index (χ4n) is 11.3. The second-order valence-corrected chi connectivity index (χ2v) is 22.9. The van der Waals surface area contributed by atoms with Gasteiger partial charge in [0.25, 0.3) is 0 Å². The molecule has 3 nitrogen and oxygen atoms in total. The SMILES string of the molecule is CCCCCCCCC1(CCCCCCCC)c2cc(C)ccc2-c2ccc(-c3ccc(C=O)cc3)cc21.Cc1ccc(N(c2ccc(/C=C/c3ccc(C(C)(C)C)cc3)cc2)c2ccc(-c3ccc(C=O)cc3)cc2)cc1. The molecule has 0 atom stereocenters. The van der Waals surface area contributed by atoms with E-state index in [0.717, 1.165) is 51.9 Å². The van der Waals surface area contributed by atoms with Crippen molar-refractivity contribution in [3.63, 3.8) is 0 Å². The lowest BCUT2D eigenvalue weighted by Crippen LogP contribution is -2.25. The summed E-state index contributed by atoms with van der Waals surface area (Å²) in [5.74, 6) is 0. The lowest BCUT2D eigenvalue weighted by atomic mass is 9.70.